The Morgan fingerprint density at radius 3 is 1.15 bits per heavy atom. The Morgan fingerprint density at radius 1 is 0.587 bits per heavy atom. The molecule has 0 spiro atoms. The van der Waals surface area contributed by atoms with Crippen molar-refractivity contribution in [2.24, 2.45) is 11.8 Å². The molecule has 0 radical (unpaired) electrons. The molecule has 4 atom stereocenters. The van der Waals surface area contributed by atoms with Gasteiger partial charge < -0.3 is 0 Å². The first-order valence-electron chi connectivity index (χ1n) is 13.4. The van der Waals surface area contributed by atoms with E-state index in [1.54, 1.807) is 111 Å². The maximum atomic E-state index is 12.8. The molecule has 0 aromatic heterocycles. The van der Waals surface area contributed by atoms with Gasteiger partial charge in [-0.3, -0.25) is 0 Å². The number of hydrogen-bond donors (Lipinski definition) is 0. The first kappa shape index (κ1) is 38.7. The zero-order chi connectivity index (χ0) is 34.6. The Kier molecular flexibility index (Phi) is 12.4. The Labute approximate surface area is 280 Å². The van der Waals surface area contributed by atoms with Crippen LogP contribution in [0.5, 0.6) is 0 Å². The van der Waals surface area contributed by atoms with Crippen molar-refractivity contribution in [3.8, 4) is 0 Å². The van der Waals surface area contributed by atoms with Gasteiger partial charge in [-0.1, -0.05) is 0 Å². The van der Waals surface area contributed by atoms with Gasteiger partial charge in [0, 0.05) is 0 Å². The number of allylic oxidation sites excluding steroid dienone is 8. The van der Waals surface area contributed by atoms with Gasteiger partial charge in [0.2, 0.25) is 0 Å². The van der Waals surface area contributed by atoms with Crippen LogP contribution in [0.25, 0.3) is 0 Å². The van der Waals surface area contributed by atoms with E-state index in [-0.39, 0.29) is 11.8 Å². The molecular weight excluding hydrogens is 888 g/mol. The molecule has 4 unspecified atom stereocenters. The summed E-state index contributed by atoms with van der Waals surface area (Å²) in [6.45, 7) is 7.19. The molecule has 2 aliphatic carbocycles. The fourth-order valence-corrected chi connectivity index (χ4v) is 20.6. The summed E-state index contributed by atoms with van der Waals surface area (Å²) in [6, 6.07) is 16.6. The van der Waals surface area contributed by atoms with E-state index in [4.69, 9.17) is 5.03 Å². The molecule has 0 bridgehead atoms. The summed E-state index contributed by atoms with van der Waals surface area (Å²) in [7, 11) is -11.3. The fraction of sp³-hybridized carbons (Fsp3) is 0.333. The summed E-state index contributed by atoms with van der Waals surface area (Å²) in [5.74, 6) is -0.275. The summed E-state index contributed by atoms with van der Waals surface area (Å²) in [5.41, 5.74) is -10.9. The average molecular weight is 921 g/mol. The topological polar surface area (TPSA) is 86.7 Å². The van der Waals surface area contributed by atoms with E-state index in [9.17, 15) is 43.2 Å². The molecule has 0 N–H and O–H groups in total. The van der Waals surface area contributed by atoms with Crippen molar-refractivity contribution in [3.63, 3.8) is 0 Å². The summed E-state index contributed by atoms with van der Waals surface area (Å²) < 4.78 is 132. The Balaban J connectivity index is 0.000000250. The van der Waals surface area contributed by atoms with Crippen LogP contribution in [0.2, 0.25) is 0 Å². The number of rotatable bonds is 8. The van der Waals surface area contributed by atoms with E-state index in [1.165, 1.54) is 0 Å². The van der Waals surface area contributed by atoms with Gasteiger partial charge in [-0.15, -0.1) is 0 Å². The van der Waals surface area contributed by atoms with Crippen molar-refractivity contribution >= 4 is 60.7 Å². The number of halogens is 8. The normalized spacial score (nSPS) is 25.4. The van der Waals surface area contributed by atoms with E-state index < -0.39 is 78.6 Å². The van der Waals surface area contributed by atoms with Crippen LogP contribution >= 0.6 is 40.5 Å². The van der Waals surface area contributed by atoms with E-state index in [1.807, 2.05) is 26.0 Å². The monoisotopic (exact) mass is 920 g/mol. The molecule has 4 rings (SSSR count). The standard InChI is InChI=1S/2C15H16F3IO3S/c2*1-12-8-6-7-11-14(12,2)19(13-9-4-3-5-10-13)22-23(20,21)15(16,17)18/h2*3-12H,1-2H3. The van der Waals surface area contributed by atoms with Crippen LogP contribution in [0.4, 0.5) is 26.3 Å². The van der Waals surface area contributed by atoms with Crippen LogP contribution in [-0.2, 0) is 25.3 Å². The number of alkyl halides is 8. The SMILES string of the molecule is CC1C=CC=CC1(C)I(OS(=O)(=O)C(F)(F)F)c1ccccc1.CC1C=CC=CC1(C)I(OS(=O)(=O)C(F)(F)F)c1ccccc1. The Morgan fingerprint density at radius 2 is 0.891 bits per heavy atom. The summed E-state index contributed by atoms with van der Waals surface area (Å²) in [6.07, 6.45) is 14.2. The molecule has 0 heterocycles. The predicted octanol–water partition coefficient (Wildman–Crippen LogP) is 9.33. The fourth-order valence-electron chi connectivity index (χ4n) is 4.03. The average Bonchev–Trinajstić information content (AvgIpc) is 2.98. The molecule has 16 heteroatoms. The van der Waals surface area contributed by atoms with E-state index >= 15 is 0 Å². The van der Waals surface area contributed by atoms with Crippen LogP contribution in [0.15, 0.2) is 109 Å². The molecule has 2 aliphatic rings. The number of hydrogen-bond acceptors (Lipinski definition) is 6. The molecule has 0 saturated heterocycles. The van der Waals surface area contributed by atoms with Gasteiger partial charge in [0.05, 0.1) is 0 Å². The minimum atomic E-state index is -5.64. The predicted molar refractivity (Wildman–Crippen MR) is 182 cm³/mol. The van der Waals surface area contributed by atoms with Gasteiger partial charge in [0.25, 0.3) is 0 Å². The molecule has 0 amide bonds. The third kappa shape index (κ3) is 8.83. The summed E-state index contributed by atoms with van der Waals surface area (Å²) in [5, 5.41) is 0. The van der Waals surface area contributed by atoms with Crippen LogP contribution in [0.3, 0.4) is 0 Å². The zero-order valence-corrected chi connectivity index (χ0v) is 30.8. The summed E-state index contributed by atoms with van der Waals surface area (Å²) in [4.78, 5) is 0. The molecular formula is C30H32F6I2O6S2. The second-order valence-corrected chi connectivity index (χ2v) is 25.5. The molecule has 0 aliphatic heterocycles. The molecule has 2 aromatic rings. The van der Waals surface area contributed by atoms with Crippen LogP contribution < -0.4 is 0 Å². The molecule has 256 valence electrons. The molecule has 2 aromatic carbocycles. The van der Waals surface area contributed by atoms with E-state index in [0.29, 0.717) is 7.14 Å². The van der Waals surface area contributed by atoms with E-state index in [2.05, 4.69) is 0 Å². The maximum absolute atomic E-state index is 12.8. The van der Waals surface area contributed by atoms with Gasteiger partial charge in [0.1, 0.15) is 0 Å². The van der Waals surface area contributed by atoms with Crippen molar-refractivity contribution in [1.82, 2.24) is 0 Å². The van der Waals surface area contributed by atoms with Crippen LogP contribution in [-0.4, -0.2) is 34.7 Å². The quantitative estimate of drug-likeness (QED) is 0.114. The van der Waals surface area contributed by atoms with Crippen molar-refractivity contribution in [2.45, 2.75) is 45.6 Å². The number of benzene rings is 2. The Bertz CT molecular complexity index is 1550. The third-order valence-electron chi connectivity index (χ3n) is 7.11. The van der Waals surface area contributed by atoms with Crippen LogP contribution in [0, 0.1) is 19.0 Å². The van der Waals surface area contributed by atoms with Crippen molar-refractivity contribution in [1.29, 1.82) is 0 Å². The molecule has 46 heavy (non-hydrogen) atoms. The second-order valence-electron chi connectivity index (χ2n) is 10.4. The first-order valence-corrected chi connectivity index (χ1v) is 22.3. The third-order valence-corrected chi connectivity index (χ3v) is 24.4. The second kappa shape index (κ2) is 14.8. The first-order chi connectivity index (χ1) is 21.2. The molecule has 6 nitrogen and oxygen atoms in total. The van der Waals surface area contributed by atoms with Crippen molar-refractivity contribution < 1.29 is 48.2 Å². The van der Waals surface area contributed by atoms with Crippen molar-refractivity contribution in [2.75, 3.05) is 0 Å². The minimum absolute atomic E-state index is 0.138. The van der Waals surface area contributed by atoms with Gasteiger partial charge in [-0.05, 0) is 0 Å². The van der Waals surface area contributed by atoms with Gasteiger partial charge in [-0.2, -0.15) is 0 Å². The zero-order valence-electron chi connectivity index (χ0n) is 24.8. The van der Waals surface area contributed by atoms with E-state index in [0.717, 1.165) is 0 Å². The molecule has 0 fully saturated rings. The van der Waals surface area contributed by atoms with Gasteiger partial charge >= 0.3 is 283 Å². The van der Waals surface area contributed by atoms with Gasteiger partial charge in [-0.25, -0.2) is 0 Å². The van der Waals surface area contributed by atoms with Crippen LogP contribution in [0.1, 0.15) is 27.7 Å². The van der Waals surface area contributed by atoms with Gasteiger partial charge in [0.15, 0.2) is 0 Å². The van der Waals surface area contributed by atoms with Crippen molar-refractivity contribution in [3.05, 3.63) is 116 Å². The molecule has 0 saturated carbocycles. The summed E-state index contributed by atoms with van der Waals surface area (Å²) >= 11 is -6.48. The Hall–Kier alpha value is -1.74.